The summed E-state index contributed by atoms with van der Waals surface area (Å²) >= 11 is 0. The van der Waals surface area contributed by atoms with E-state index in [1.807, 2.05) is 42.5 Å². The van der Waals surface area contributed by atoms with Crippen LogP contribution in [-0.2, 0) is 0 Å². The molecule has 0 bridgehead atoms. The molecule has 154 valence electrons. The van der Waals surface area contributed by atoms with Gasteiger partial charge in [0.1, 0.15) is 18.0 Å². The van der Waals surface area contributed by atoms with Gasteiger partial charge in [-0.3, -0.25) is 4.79 Å². The molecule has 3 aromatic carbocycles. The van der Waals surface area contributed by atoms with E-state index in [1.165, 1.54) is 12.1 Å². The number of anilines is 1. The number of ketones is 1. The molecule has 3 aromatic rings. The van der Waals surface area contributed by atoms with E-state index < -0.39 is 29.2 Å². The summed E-state index contributed by atoms with van der Waals surface area (Å²) < 4.78 is 13.7. The number of benzene rings is 3. The van der Waals surface area contributed by atoms with Gasteiger partial charge in [0.05, 0.1) is 12.0 Å². The van der Waals surface area contributed by atoms with Crippen molar-refractivity contribution in [3.63, 3.8) is 0 Å². The lowest BCUT2D eigenvalue weighted by Crippen LogP contribution is -2.48. The van der Waals surface area contributed by atoms with Crippen LogP contribution in [0.25, 0.3) is 6.08 Å². The molecule has 0 N–H and O–H groups in total. The SMILES string of the molecule is N#CC1(C#N)[C@H](c2ccc(F)cc2)[C@@H](C(=O)c2ccccc2)[C@@H]2C=Cc3ccccc3N21. The third-order valence-corrected chi connectivity index (χ3v) is 6.46. The Bertz CT molecular complexity index is 1290. The molecule has 0 aromatic heterocycles. The van der Waals surface area contributed by atoms with Crippen LogP contribution in [0.2, 0.25) is 0 Å². The number of carbonyl (C=O) groups excluding carboxylic acids is 1. The second-order valence-corrected chi connectivity index (χ2v) is 8.05. The molecule has 0 aliphatic carbocycles. The Hall–Kier alpha value is -4.22. The van der Waals surface area contributed by atoms with E-state index in [1.54, 1.807) is 41.3 Å². The van der Waals surface area contributed by atoms with Gasteiger partial charge in [-0.25, -0.2) is 4.39 Å². The van der Waals surface area contributed by atoms with Crippen molar-refractivity contribution in [2.45, 2.75) is 17.5 Å². The fourth-order valence-corrected chi connectivity index (χ4v) is 5.10. The second-order valence-electron chi connectivity index (χ2n) is 8.05. The molecule has 2 heterocycles. The van der Waals surface area contributed by atoms with Crippen LogP contribution in [0.4, 0.5) is 10.1 Å². The Morgan fingerprint density at radius 3 is 2.25 bits per heavy atom. The summed E-state index contributed by atoms with van der Waals surface area (Å²) in [5.41, 5.74) is 1.08. The number of nitrogens with zero attached hydrogens (tertiary/aromatic N) is 3. The van der Waals surface area contributed by atoms with Crippen LogP contribution in [-0.4, -0.2) is 17.4 Å². The van der Waals surface area contributed by atoms with E-state index in [0.29, 0.717) is 11.1 Å². The van der Waals surface area contributed by atoms with Gasteiger partial charge in [-0.2, -0.15) is 10.5 Å². The Morgan fingerprint density at radius 2 is 1.56 bits per heavy atom. The molecule has 3 atom stereocenters. The van der Waals surface area contributed by atoms with E-state index in [4.69, 9.17) is 0 Å². The first-order valence-corrected chi connectivity index (χ1v) is 10.3. The van der Waals surface area contributed by atoms with Gasteiger partial charge < -0.3 is 4.90 Å². The first kappa shape index (κ1) is 19.7. The first-order valence-electron chi connectivity index (χ1n) is 10.3. The second kappa shape index (κ2) is 7.48. The van der Waals surface area contributed by atoms with Crippen LogP contribution in [0.5, 0.6) is 0 Å². The largest absolute Gasteiger partial charge is 0.333 e. The molecule has 5 rings (SSSR count). The predicted octanol–water partition coefficient (Wildman–Crippen LogP) is 5.11. The highest BCUT2D eigenvalue weighted by Gasteiger charge is 2.63. The summed E-state index contributed by atoms with van der Waals surface area (Å²) in [7, 11) is 0. The summed E-state index contributed by atoms with van der Waals surface area (Å²) in [6, 6.07) is 26.2. The van der Waals surface area contributed by atoms with Crippen LogP contribution in [0, 0.1) is 34.4 Å². The van der Waals surface area contributed by atoms with E-state index in [-0.39, 0.29) is 5.78 Å². The molecule has 0 spiro atoms. The molecular weight excluding hydrogens is 401 g/mol. The molecule has 0 unspecified atom stereocenters. The van der Waals surface area contributed by atoms with Crippen LogP contribution >= 0.6 is 0 Å². The van der Waals surface area contributed by atoms with Gasteiger partial charge in [-0.05, 0) is 29.3 Å². The topological polar surface area (TPSA) is 67.9 Å². The number of hydrogen-bond donors (Lipinski definition) is 0. The minimum absolute atomic E-state index is 0.147. The zero-order chi connectivity index (χ0) is 22.3. The highest BCUT2D eigenvalue weighted by molar-refractivity contribution is 6.01. The van der Waals surface area contributed by atoms with E-state index in [0.717, 1.165) is 11.3 Å². The van der Waals surface area contributed by atoms with Crippen molar-refractivity contribution in [3.8, 4) is 12.1 Å². The van der Waals surface area contributed by atoms with Crippen LogP contribution in [0.1, 0.15) is 27.4 Å². The highest BCUT2D eigenvalue weighted by Crippen LogP contribution is 2.54. The minimum Gasteiger partial charge on any atom is -0.333 e. The third-order valence-electron chi connectivity index (χ3n) is 6.46. The molecule has 2 aliphatic heterocycles. The smallest absolute Gasteiger partial charge is 0.223 e. The molecule has 1 saturated heterocycles. The molecule has 5 heteroatoms. The molecule has 2 aliphatic rings. The average Bonchev–Trinajstić information content (AvgIpc) is 3.15. The minimum atomic E-state index is -1.64. The lowest BCUT2D eigenvalue weighted by molar-refractivity contribution is 0.0906. The number of halogens is 1. The number of Topliss-reactive ketones (excluding diaryl/α,β-unsaturated/α-hetero) is 1. The fourth-order valence-electron chi connectivity index (χ4n) is 5.10. The first-order chi connectivity index (χ1) is 15.6. The summed E-state index contributed by atoms with van der Waals surface area (Å²) in [4.78, 5) is 15.6. The van der Waals surface area contributed by atoms with Gasteiger partial charge >= 0.3 is 0 Å². The summed E-state index contributed by atoms with van der Waals surface area (Å²) in [6.45, 7) is 0. The maximum atomic E-state index is 13.8. The molecule has 32 heavy (non-hydrogen) atoms. The van der Waals surface area contributed by atoms with Crippen molar-refractivity contribution in [2.24, 2.45) is 5.92 Å². The maximum absolute atomic E-state index is 13.8. The average molecular weight is 419 g/mol. The normalized spacial score (nSPS) is 22.3. The van der Waals surface area contributed by atoms with Crippen molar-refractivity contribution >= 4 is 17.5 Å². The quantitative estimate of drug-likeness (QED) is 0.553. The van der Waals surface area contributed by atoms with Gasteiger partial charge in [-0.15, -0.1) is 0 Å². The summed E-state index contributed by atoms with van der Waals surface area (Å²) in [5, 5.41) is 20.8. The molecule has 0 saturated carbocycles. The van der Waals surface area contributed by atoms with Crippen molar-refractivity contribution in [1.29, 1.82) is 10.5 Å². The zero-order valence-electron chi connectivity index (χ0n) is 17.0. The lowest BCUT2D eigenvalue weighted by atomic mass is 9.72. The fraction of sp³-hybridized carbons (Fsp3) is 0.148. The Labute approximate surface area is 185 Å². The Kier molecular flexibility index (Phi) is 4.61. The standard InChI is InChI=1S/C27H18FN3O/c28-21-13-10-19(11-14-21)25-24(26(32)20-7-2-1-3-8-20)23-15-12-18-6-4-5-9-22(18)31(23)27(25,16-29)17-30/h1-15,23-25H/t23-,24-,25+/m0/s1. The van der Waals surface area contributed by atoms with Crippen LogP contribution < -0.4 is 4.90 Å². The monoisotopic (exact) mass is 419 g/mol. The summed E-state index contributed by atoms with van der Waals surface area (Å²) in [5.74, 6) is -2.04. The van der Waals surface area contributed by atoms with Crippen LogP contribution in [0.3, 0.4) is 0 Å². The van der Waals surface area contributed by atoms with E-state index in [2.05, 4.69) is 12.1 Å². The van der Waals surface area contributed by atoms with Crippen molar-refractivity contribution < 1.29 is 9.18 Å². The number of carbonyl (C=O) groups is 1. The predicted molar refractivity (Wildman–Crippen MR) is 119 cm³/mol. The Balaban J connectivity index is 1.78. The maximum Gasteiger partial charge on any atom is 0.223 e. The Morgan fingerprint density at radius 1 is 0.906 bits per heavy atom. The van der Waals surface area contributed by atoms with Gasteiger partial charge in [0.25, 0.3) is 0 Å². The molecule has 0 amide bonds. The van der Waals surface area contributed by atoms with Crippen molar-refractivity contribution in [2.75, 3.05) is 4.90 Å². The van der Waals surface area contributed by atoms with Gasteiger partial charge in [0.2, 0.25) is 5.54 Å². The van der Waals surface area contributed by atoms with Crippen LogP contribution in [0.15, 0.2) is 84.9 Å². The number of para-hydroxylation sites is 1. The third kappa shape index (κ3) is 2.76. The zero-order valence-corrected chi connectivity index (χ0v) is 17.0. The molecular formula is C27H18FN3O. The summed E-state index contributed by atoms with van der Waals surface area (Å²) in [6.07, 6.45) is 3.84. The molecule has 0 radical (unpaired) electrons. The number of fused-ring (bicyclic) bond motifs is 3. The van der Waals surface area contributed by atoms with Gasteiger partial charge in [-0.1, -0.05) is 72.8 Å². The lowest BCUT2D eigenvalue weighted by Gasteiger charge is -2.37. The number of hydrogen-bond acceptors (Lipinski definition) is 4. The van der Waals surface area contributed by atoms with Crippen molar-refractivity contribution in [1.82, 2.24) is 0 Å². The molecule has 4 nitrogen and oxygen atoms in total. The highest BCUT2D eigenvalue weighted by atomic mass is 19.1. The van der Waals surface area contributed by atoms with E-state index in [9.17, 15) is 19.7 Å². The molecule has 1 fully saturated rings. The number of nitriles is 2. The number of rotatable bonds is 3. The van der Waals surface area contributed by atoms with Crippen molar-refractivity contribution in [3.05, 3.63) is 107 Å². The van der Waals surface area contributed by atoms with Gasteiger partial charge in [0, 0.05) is 17.2 Å². The van der Waals surface area contributed by atoms with Gasteiger partial charge in [0.15, 0.2) is 5.78 Å². The van der Waals surface area contributed by atoms with E-state index >= 15 is 0 Å².